The van der Waals surface area contributed by atoms with Gasteiger partial charge in [0.05, 0.1) is 5.75 Å². The van der Waals surface area contributed by atoms with Gasteiger partial charge in [-0.15, -0.1) is 10.2 Å². The fourth-order valence-corrected chi connectivity index (χ4v) is 3.44. The zero-order valence-corrected chi connectivity index (χ0v) is 17.2. The highest BCUT2D eigenvalue weighted by Crippen LogP contribution is 2.32. The highest BCUT2D eigenvalue weighted by Gasteiger charge is 2.18. The number of rotatable bonds is 7. The number of nitrogens with zero attached hydrogens (tertiary/aromatic N) is 3. The van der Waals surface area contributed by atoms with Crippen LogP contribution >= 0.6 is 11.8 Å². The van der Waals surface area contributed by atoms with E-state index in [0.29, 0.717) is 22.8 Å². The van der Waals surface area contributed by atoms with Crippen molar-refractivity contribution >= 4 is 23.4 Å². The van der Waals surface area contributed by atoms with Gasteiger partial charge in [-0.3, -0.25) is 4.79 Å². The van der Waals surface area contributed by atoms with Crippen LogP contribution in [0.4, 0.5) is 5.69 Å². The van der Waals surface area contributed by atoms with Crippen LogP contribution < -0.4 is 11.2 Å². The van der Waals surface area contributed by atoms with Gasteiger partial charge in [0.1, 0.15) is 0 Å². The standard InChI is InChI=1S/C19H29N5OS/c1-11(2)14-8-7-9-15(12(3)4)17(14)21-16(25)10-26-19-23-22-18(13(5)6)24(19)20/h7-9,11-13H,10,20H2,1-6H3,(H,21,25). The number of amides is 1. The molecule has 6 nitrogen and oxygen atoms in total. The van der Waals surface area contributed by atoms with Crippen LogP contribution in [0.25, 0.3) is 0 Å². The normalized spacial score (nSPS) is 11.6. The molecule has 0 aliphatic heterocycles. The Balaban J connectivity index is 2.13. The highest BCUT2D eigenvalue weighted by molar-refractivity contribution is 7.99. The van der Waals surface area contributed by atoms with Crippen molar-refractivity contribution in [3.05, 3.63) is 35.2 Å². The molecule has 2 aromatic rings. The predicted molar refractivity (Wildman–Crippen MR) is 108 cm³/mol. The first kappa shape index (κ1) is 20.3. The Morgan fingerprint density at radius 1 is 1.08 bits per heavy atom. The highest BCUT2D eigenvalue weighted by atomic mass is 32.2. The summed E-state index contributed by atoms with van der Waals surface area (Å²) in [6, 6.07) is 6.20. The lowest BCUT2D eigenvalue weighted by Crippen LogP contribution is -2.19. The predicted octanol–water partition coefficient (Wildman–Crippen LogP) is 4.09. The lowest BCUT2D eigenvalue weighted by molar-refractivity contribution is -0.113. The van der Waals surface area contributed by atoms with E-state index in [9.17, 15) is 4.79 Å². The molecular formula is C19H29N5OS. The fourth-order valence-electron chi connectivity index (χ4n) is 2.78. The molecule has 0 saturated heterocycles. The number of hydrogen-bond acceptors (Lipinski definition) is 5. The molecule has 1 heterocycles. The zero-order valence-electron chi connectivity index (χ0n) is 16.4. The number of carbonyl (C=O) groups is 1. The van der Waals surface area contributed by atoms with E-state index in [-0.39, 0.29) is 17.6 Å². The molecule has 0 atom stereocenters. The minimum absolute atomic E-state index is 0.0703. The van der Waals surface area contributed by atoms with Crippen LogP contribution in [0.1, 0.15) is 76.2 Å². The van der Waals surface area contributed by atoms with Crippen LogP contribution in [0.5, 0.6) is 0 Å². The average molecular weight is 376 g/mol. The molecule has 0 saturated carbocycles. The summed E-state index contributed by atoms with van der Waals surface area (Å²) >= 11 is 1.29. The summed E-state index contributed by atoms with van der Waals surface area (Å²) in [4.78, 5) is 12.6. The quantitative estimate of drug-likeness (QED) is 0.562. The Bertz CT molecular complexity index is 741. The van der Waals surface area contributed by atoms with E-state index in [0.717, 1.165) is 16.8 Å². The zero-order chi connectivity index (χ0) is 19.4. The van der Waals surface area contributed by atoms with Gasteiger partial charge < -0.3 is 11.2 Å². The Morgan fingerprint density at radius 3 is 2.12 bits per heavy atom. The molecule has 26 heavy (non-hydrogen) atoms. The van der Waals surface area contributed by atoms with Crippen LogP contribution in [-0.4, -0.2) is 26.5 Å². The minimum atomic E-state index is -0.0703. The van der Waals surface area contributed by atoms with Gasteiger partial charge in [0.15, 0.2) is 5.82 Å². The van der Waals surface area contributed by atoms with Crippen molar-refractivity contribution in [1.82, 2.24) is 14.9 Å². The van der Waals surface area contributed by atoms with Gasteiger partial charge in [-0.2, -0.15) is 0 Å². The van der Waals surface area contributed by atoms with Gasteiger partial charge in [0.2, 0.25) is 11.1 Å². The third-order valence-electron chi connectivity index (χ3n) is 4.18. The van der Waals surface area contributed by atoms with Gasteiger partial charge in [-0.05, 0) is 23.0 Å². The van der Waals surface area contributed by atoms with Crippen molar-refractivity contribution in [2.24, 2.45) is 0 Å². The minimum Gasteiger partial charge on any atom is -0.336 e. The number of nitrogen functional groups attached to an aromatic ring is 1. The largest absolute Gasteiger partial charge is 0.336 e. The number of para-hydroxylation sites is 1. The smallest absolute Gasteiger partial charge is 0.234 e. The number of nitrogens with one attached hydrogen (secondary N) is 1. The van der Waals surface area contributed by atoms with E-state index < -0.39 is 0 Å². The molecule has 3 N–H and O–H groups in total. The average Bonchev–Trinajstić information content (AvgIpc) is 2.93. The third-order valence-corrected chi connectivity index (χ3v) is 5.12. The summed E-state index contributed by atoms with van der Waals surface area (Å²) in [6.45, 7) is 12.5. The second-order valence-electron chi connectivity index (χ2n) is 7.32. The molecule has 1 aromatic heterocycles. The van der Waals surface area contributed by atoms with Gasteiger partial charge in [-0.1, -0.05) is 71.5 Å². The van der Waals surface area contributed by atoms with Crippen LogP contribution in [-0.2, 0) is 4.79 Å². The van der Waals surface area contributed by atoms with E-state index >= 15 is 0 Å². The van der Waals surface area contributed by atoms with Crippen LogP contribution in [0.3, 0.4) is 0 Å². The number of thioether (sulfide) groups is 1. The fraction of sp³-hybridized carbons (Fsp3) is 0.526. The molecule has 1 amide bonds. The van der Waals surface area contributed by atoms with Crippen molar-refractivity contribution in [3.8, 4) is 0 Å². The maximum Gasteiger partial charge on any atom is 0.234 e. The molecule has 0 bridgehead atoms. The van der Waals surface area contributed by atoms with Gasteiger partial charge >= 0.3 is 0 Å². The van der Waals surface area contributed by atoms with Gasteiger partial charge in [0, 0.05) is 11.6 Å². The molecular weight excluding hydrogens is 346 g/mol. The molecule has 0 aliphatic carbocycles. The van der Waals surface area contributed by atoms with E-state index in [1.165, 1.54) is 16.4 Å². The maximum atomic E-state index is 12.6. The summed E-state index contributed by atoms with van der Waals surface area (Å²) in [5, 5.41) is 11.8. The topological polar surface area (TPSA) is 85.8 Å². The van der Waals surface area contributed by atoms with Crippen molar-refractivity contribution in [1.29, 1.82) is 0 Å². The molecule has 0 spiro atoms. The van der Waals surface area contributed by atoms with Crippen molar-refractivity contribution in [3.63, 3.8) is 0 Å². The lowest BCUT2D eigenvalue weighted by atomic mass is 9.92. The van der Waals surface area contributed by atoms with Crippen molar-refractivity contribution < 1.29 is 4.79 Å². The molecule has 7 heteroatoms. The van der Waals surface area contributed by atoms with Gasteiger partial charge in [-0.25, -0.2) is 4.68 Å². The third kappa shape index (κ3) is 4.58. The summed E-state index contributed by atoms with van der Waals surface area (Å²) in [6.07, 6.45) is 0. The van der Waals surface area contributed by atoms with Gasteiger partial charge in [0.25, 0.3) is 0 Å². The number of nitrogens with two attached hydrogens (primary N) is 1. The molecule has 2 rings (SSSR count). The summed E-state index contributed by atoms with van der Waals surface area (Å²) in [5.41, 5.74) is 3.23. The molecule has 0 radical (unpaired) electrons. The van der Waals surface area contributed by atoms with Crippen LogP contribution in [0.2, 0.25) is 0 Å². The summed E-state index contributed by atoms with van der Waals surface area (Å²) in [7, 11) is 0. The summed E-state index contributed by atoms with van der Waals surface area (Å²) < 4.78 is 1.46. The maximum absolute atomic E-state index is 12.6. The Hall–Kier alpha value is -2.02. The molecule has 1 aromatic carbocycles. The van der Waals surface area contributed by atoms with E-state index in [4.69, 9.17) is 5.84 Å². The molecule has 0 aliphatic rings. The number of anilines is 1. The second-order valence-corrected chi connectivity index (χ2v) is 8.27. The van der Waals surface area contributed by atoms with Crippen molar-refractivity contribution in [2.45, 2.75) is 64.5 Å². The molecule has 0 unspecified atom stereocenters. The number of benzene rings is 1. The van der Waals surface area contributed by atoms with E-state index in [2.05, 4.69) is 61.4 Å². The molecule has 0 fully saturated rings. The number of carbonyl (C=O) groups excluding carboxylic acids is 1. The van der Waals surface area contributed by atoms with Crippen molar-refractivity contribution in [2.75, 3.05) is 16.9 Å². The number of hydrogen-bond donors (Lipinski definition) is 2. The number of aromatic nitrogens is 3. The first-order chi connectivity index (χ1) is 12.2. The lowest BCUT2D eigenvalue weighted by Gasteiger charge is -2.20. The second kappa shape index (κ2) is 8.58. The SMILES string of the molecule is CC(C)c1cccc(C(C)C)c1NC(=O)CSc1nnc(C(C)C)n1N. The Kier molecular flexibility index (Phi) is 6.69. The Morgan fingerprint density at radius 2 is 1.65 bits per heavy atom. The van der Waals surface area contributed by atoms with E-state index in [1.807, 2.05) is 13.8 Å². The molecule has 142 valence electrons. The van der Waals surface area contributed by atoms with Crippen LogP contribution in [0.15, 0.2) is 23.4 Å². The monoisotopic (exact) mass is 375 g/mol. The first-order valence-electron chi connectivity index (χ1n) is 8.98. The Labute approximate surface area is 159 Å². The summed E-state index contributed by atoms with van der Waals surface area (Å²) in [5.74, 6) is 7.73. The van der Waals surface area contributed by atoms with Crippen LogP contribution in [0, 0.1) is 0 Å². The van der Waals surface area contributed by atoms with E-state index in [1.54, 1.807) is 0 Å². The first-order valence-corrected chi connectivity index (χ1v) is 9.96.